The number of nitrogens with zero attached hydrogens (tertiary/aromatic N) is 2. The van der Waals surface area contributed by atoms with Gasteiger partial charge in [0.05, 0.1) is 11.4 Å². The number of fused-ring (bicyclic) bond motifs is 7. The van der Waals surface area contributed by atoms with Crippen molar-refractivity contribution < 1.29 is 4.42 Å². The van der Waals surface area contributed by atoms with Gasteiger partial charge in [0.2, 0.25) is 0 Å². The molecule has 0 saturated heterocycles. The van der Waals surface area contributed by atoms with Crippen LogP contribution in [-0.4, -0.2) is 9.97 Å². The van der Waals surface area contributed by atoms with E-state index in [4.69, 9.17) is 14.4 Å². The predicted octanol–water partition coefficient (Wildman–Crippen LogP) is 14.2. The van der Waals surface area contributed by atoms with Gasteiger partial charge in [-0.05, 0) is 91.0 Å². The second-order valence-electron chi connectivity index (χ2n) is 14.1. The van der Waals surface area contributed by atoms with Gasteiger partial charge in [-0.15, -0.1) is 0 Å². The number of furan rings is 1. The van der Waals surface area contributed by atoms with Crippen LogP contribution in [0.25, 0.3) is 110 Å². The van der Waals surface area contributed by atoms with E-state index in [0.29, 0.717) is 5.82 Å². The van der Waals surface area contributed by atoms with Crippen LogP contribution in [0.15, 0.2) is 199 Å². The summed E-state index contributed by atoms with van der Waals surface area (Å²) in [5, 5.41) is 9.77. The molecule has 9 aromatic carbocycles. The summed E-state index contributed by atoms with van der Waals surface area (Å²) in [5.41, 5.74) is 11.2. The lowest BCUT2D eigenvalue weighted by atomic mass is 9.89. The molecule has 3 nitrogen and oxygen atoms in total. The molecule has 11 aromatic rings. The van der Waals surface area contributed by atoms with Gasteiger partial charge < -0.3 is 4.42 Å². The number of aromatic nitrogens is 2. The molecule has 0 unspecified atom stereocenters. The fourth-order valence-electron chi connectivity index (χ4n) is 8.16. The molecule has 11 rings (SSSR count). The molecule has 0 atom stereocenters. The molecule has 0 saturated carbocycles. The Kier molecular flexibility index (Phi) is 7.17. The SMILES string of the molecule is c1ccc(-c2nc(-c3ccc(-c4c5ccccc5cc5c4ccc4ccccc45)cc3)cc(-c3cccc(-c4ccc5c(c4)oc4ccccc45)c3)n2)cc1. The molecule has 0 amide bonds. The summed E-state index contributed by atoms with van der Waals surface area (Å²) < 4.78 is 6.23. The second-order valence-corrected chi connectivity index (χ2v) is 14.1. The maximum atomic E-state index is 6.23. The van der Waals surface area contributed by atoms with Crippen molar-refractivity contribution in [3.63, 3.8) is 0 Å². The van der Waals surface area contributed by atoms with E-state index in [1.807, 2.05) is 30.3 Å². The topological polar surface area (TPSA) is 38.9 Å². The van der Waals surface area contributed by atoms with E-state index in [0.717, 1.165) is 61.1 Å². The first-order valence-electron chi connectivity index (χ1n) is 18.6. The van der Waals surface area contributed by atoms with E-state index in [1.54, 1.807) is 0 Å². The lowest BCUT2D eigenvalue weighted by Gasteiger charge is -2.15. The Hall–Kier alpha value is -7.36. The third-order valence-corrected chi connectivity index (χ3v) is 10.9. The summed E-state index contributed by atoms with van der Waals surface area (Å²) in [5.74, 6) is 0.693. The summed E-state index contributed by atoms with van der Waals surface area (Å²) in [6, 6.07) is 68.7. The van der Waals surface area contributed by atoms with Crippen LogP contribution in [0, 0.1) is 0 Å². The van der Waals surface area contributed by atoms with Crippen molar-refractivity contribution in [2.45, 2.75) is 0 Å². The third-order valence-electron chi connectivity index (χ3n) is 10.9. The summed E-state index contributed by atoms with van der Waals surface area (Å²) in [4.78, 5) is 10.3. The number of para-hydroxylation sites is 1. The Labute approximate surface area is 317 Å². The van der Waals surface area contributed by atoms with E-state index in [-0.39, 0.29) is 0 Å². The first-order chi connectivity index (χ1) is 27.2. The van der Waals surface area contributed by atoms with E-state index in [1.165, 1.54) is 43.4 Å². The van der Waals surface area contributed by atoms with Crippen molar-refractivity contribution in [2.24, 2.45) is 0 Å². The first kappa shape index (κ1) is 31.2. The highest BCUT2D eigenvalue weighted by atomic mass is 16.3. The number of benzene rings is 9. The van der Waals surface area contributed by atoms with Crippen molar-refractivity contribution in [2.75, 3.05) is 0 Å². The van der Waals surface area contributed by atoms with E-state index >= 15 is 0 Å². The zero-order valence-electron chi connectivity index (χ0n) is 29.8. The fourth-order valence-corrected chi connectivity index (χ4v) is 8.16. The zero-order chi connectivity index (χ0) is 36.3. The molecule has 0 radical (unpaired) electrons. The number of rotatable bonds is 5. The Bertz CT molecular complexity index is 3250. The highest BCUT2D eigenvalue weighted by molar-refractivity contribution is 6.20. The monoisotopic (exact) mass is 700 g/mol. The van der Waals surface area contributed by atoms with Crippen molar-refractivity contribution in [1.82, 2.24) is 9.97 Å². The molecule has 55 heavy (non-hydrogen) atoms. The molecule has 0 aliphatic heterocycles. The summed E-state index contributed by atoms with van der Waals surface area (Å²) >= 11 is 0. The molecular formula is C52H32N2O. The van der Waals surface area contributed by atoms with Crippen molar-refractivity contribution in [1.29, 1.82) is 0 Å². The van der Waals surface area contributed by atoms with Crippen LogP contribution in [0.5, 0.6) is 0 Å². The minimum atomic E-state index is 0.693. The third kappa shape index (κ3) is 5.36. The number of hydrogen-bond donors (Lipinski definition) is 0. The smallest absolute Gasteiger partial charge is 0.160 e. The standard InChI is InChI=1S/C52H32N2O/c1-2-12-36(13-3-1)52-53-47(32-48(54-52)40-16-10-15-37(29-40)38-26-27-44-43-19-8-9-20-49(43)55-50(44)31-38)34-21-23-35(24-22-34)51-42-18-7-5-14-39(42)30-46-41-17-6-4-11-33(41)25-28-45(46)51/h1-32H. The molecule has 0 spiro atoms. The second kappa shape index (κ2) is 12.6. The molecule has 256 valence electrons. The highest BCUT2D eigenvalue weighted by Gasteiger charge is 2.15. The van der Waals surface area contributed by atoms with Crippen LogP contribution >= 0.6 is 0 Å². The Morgan fingerprint density at radius 1 is 0.291 bits per heavy atom. The van der Waals surface area contributed by atoms with Gasteiger partial charge >= 0.3 is 0 Å². The van der Waals surface area contributed by atoms with Gasteiger partial charge in [-0.25, -0.2) is 9.97 Å². The molecule has 2 aromatic heterocycles. The lowest BCUT2D eigenvalue weighted by molar-refractivity contribution is 0.669. The quantitative estimate of drug-likeness (QED) is 0.133. The van der Waals surface area contributed by atoms with Crippen LogP contribution in [0.1, 0.15) is 0 Å². The van der Waals surface area contributed by atoms with E-state index in [9.17, 15) is 0 Å². The Balaban J connectivity index is 1.03. The van der Waals surface area contributed by atoms with Crippen LogP contribution in [0.4, 0.5) is 0 Å². The van der Waals surface area contributed by atoms with Crippen molar-refractivity contribution in [3.05, 3.63) is 194 Å². The Morgan fingerprint density at radius 2 is 0.891 bits per heavy atom. The van der Waals surface area contributed by atoms with Gasteiger partial charge in [-0.1, -0.05) is 158 Å². The lowest BCUT2D eigenvalue weighted by Crippen LogP contribution is -1.96. The largest absolute Gasteiger partial charge is 0.456 e. The van der Waals surface area contributed by atoms with E-state index in [2.05, 4.69) is 164 Å². The van der Waals surface area contributed by atoms with Crippen LogP contribution in [0.3, 0.4) is 0 Å². The van der Waals surface area contributed by atoms with Crippen molar-refractivity contribution in [3.8, 4) is 56.2 Å². The minimum absolute atomic E-state index is 0.693. The molecular weight excluding hydrogens is 669 g/mol. The Morgan fingerprint density at radius 3 is 1.75 bits per heavy atom. The summed E-state index contributed by atoms with van der Waals surface area (Å²) in [6.45, 7) is 0. The summed E-state index contributed by atoms with van der Waals surface area (Å²) in [7, 11) is 0. The van der Waals surface area contributed by atoms with Crippen LogP contribution in [-0.2, 0) is 0 Å². The summed E-state index contributed by atoms with van der Waals surface area (Å²) in [6.07, 6.45) is 0. The molecule has 0 aliphatic carbocycles. The van der Waals surface area contributed by atoms with Gasteiger partial charge in [0.25, 0.3) is 0 Å². The van der Waals surface area contributed by atoms with E-state index < -0.39 is 0 Å². The molecule has 0 N–H and O–H groups in total. The van der Waals surface area contributed by atoms with Gasteiger partial charge in [0.1, 0.15) is 11.2 Å². The fraction of sp³-hybridized carbons (Fsp3) is 0. The molecule has 2 heterocycles. The average Bonchev–Trinajstić information content (AvgIpc) is 3.64. The normalized spacial score (nSPS) is 11.6. The maximum Gasteiger partial charge on any atom is 0.160 e. The van der Waals surface area contributed by atoms with Gasteiger partial charge in [-0.2, -0.15) is 0 Å². The number of hydrogen-bond acceptors (Lipinski definition) is 3. The van der Waals surface area contributed by atoms with Crippen LogP contribution < -0.4 is 0 Å². The highest BCUT2D eigenvalue weighted by Crippen LogP contribution is 2.40. The molecule has 0 bridgehead atoms. The predicted molar refractivity (Wildman–Crippen MR) is 229 cm³/mol. The van der Waals surface area contributed by atoms with Crippen LogP contribution in [0.2, 0.25) is 0 Å². The van der Waals surface area contributed by atoms with Crippen molar-refractivity contribution >= 4 is 54.3 Å². The molecule has 3 heteroatoms. The molecule has 0 fully saturated rings. The average molecular weight is 701 g/mol. The minimum Gasteiger partial charge on any atom is -0.456 e. The maximum absolute atomic E-state index is 6.23. The zero-order valence-corrected chi connectivity index (χ0v) is 29.8. The van der Waals surface area contributed by atoms with Gasteiger partial charge in [0.15, 0.2) is 5.82 Å². The van der Waals surface area contributed by atoms with Gasteiger partial charge in [0, 0.05) is 27.5 Å². The molecule has 0 aliphatic rings. The van der Waals surface area contributed by atoms with Gasteiger partial charge in [-0.3, -0.25) is 0 Å². The first-order valence-corrected chi connectivity index (χ1v) is 18.6.